The highest BCUT2D eigenvalue weighted by molar-refractivity contribution is 7.91. The molecule has 3 unspecified atom stereocenters. The number of nitrogens with one attached hydrogen (secondary N) is 1. The molecular formula is C21H21F2N5O3S. The van der Waals surface area contributed by atoms with Gasteiger partial charge in [-0.1, -0.05) is 12.1 Å². The van der Waals surface area contributed by atoms with Gasteiger partial charge >= 0.3 is 0 Å². The molecule has 168 valence electrons. The zero-order valence-electron chi connectivity index (χ0n) is 17.0. The second kappa shape index (κ2) is 7.80. The highest BCUT2D eigenvalue weighted by atomic mass is 32.2. The Morgan fingerprint density at radius 2 is 2.09 bits per heavy atom. The third kappa shape index (κ3) is 3.92. The van der Waals surface area contributed by atoms with Crippen LogP contribution in [0.15, 0.2) is 42.7 Å². The summed E-state index contributed by atoms with van der Waals surface area (Å²) in [6.07, 6.45) is 2.48. The van der Waals surface area contributed by atoms with E-state index < -0.39 is 33.8 Å². The number of carbonyl (C=O) groups excluding carboxylic acids is 1. The number of hydrogen-bond acceptors (Lipinski definition) is 6. The van der Waals surface area contributed by atoms with Crippen LogP contribution in [0.2, 0.25) is 0 Å². The first-order valence-electron chi connectivity index (χ1n) is 10.3. The maximum absolute atomic E-state index is 14.4. The van der Waals surface area contributed by atoms with E-state index in [1.165, 1.54) is 22.8 Å². The predicted molar refractivity (Wildman–Crippen MR) is 114 cm³/mol. The van der Waals surface area contributed by atoms with Crippen molar-refractivity contribution in [3.05, 3.63) is 59.7 Å². The largest absolute Gasteiger partial charge is 0.348 e. The first kappa shape index (κ1) is 20.8. The number of alkyl halides is 1. The molecule has 0 spiro atoms. The molecule has 0 aliphatic carbocycles. The van der Waals surface area contributed by atoms with Gasteiger partial charge < -0.3 is 10.2 Å². The lowest BCUT2D eigenvalue weighted by Gasteiger charge is -2.25. The van der Waals surface area contributed by atoms with Gasteiger partial charge in [-0.3, -0.25) is 4.79 Å². The molecule has 8 nitrogen and oxygen atoms in total. The molecular weight excluding hydrogens is 440 g/mol. The number of carbonyl (C=O) groups is 1. The van der Waals surface area contributed by atoms with E-state index >= 15 is 0 Å². The van der Waals surface area contributed by atoms with Crippen LogP contribution in [0.25, 0.3) is 5.65 Å². The third-order valence-corrected chi connectivity index (χ3v) is 7.71. The molecule has 1 N–H and O–H groups in total. The summed E-state index contributed by atoms with van der Waals surface area (Å²) in [6, 6.07) is 6.91. The average Bonchev–Trinajstić information content (AvgIpc) is 3.43. The number of fused-ring (bicyclic) bond motifs is 1. The number of aromatic nitrogens is 3. The lowest BCUT2D eigenvalue weighted by Crippen LogP contribution is -2.35. The van der Waals surface area contributed by atoms with Crippen molar-refractivity contribution in [1.82, 2.24) is 19.9 Å². The molecule has 32 heavy (non-hydrogen) atoms. The third-order valence-electron chi connectivity index (χ3n) is 5.94. The molecule has 4 heterocycles. The van der Waals surface area contributed by atoms with E-state index in [4.69, 9.17) is 0 Å². The summed E-state index contributed by atoms with van der Waals surface area (Å²) < 4.78 is 52.9. The summed E-state index contributed by atoms with van der Waals surface area (Å²) in [4.78, 5) is 19.1. The maximum Gasteiger partial charge on any atom is 0.257 e. The highest BCUT2D eigenvalue weighted by Crippen LogP contribution is 2.37. The van der Waals surface area contributed by atoms with Gasteiger partial charge in [-0.15, -0.1) is 0 Å². The lowest BCUT2D eigenvalue weighted by atomic mass is 10.0. The van der Waals surface area contributed by atoms with Gasteiger partial charge in [-0.25, -0.2) is 26.7 Å². The van der Waals surface area contributed by atoms with Gasteiger partial charge in [0, 0.05) is 18.7 Å². The van der Waals surface area contributed by atoms with Crippen molar-refractivity contribution in [2.75, 3.05) is 23.0 Å². The molecule has 0 bridgehead atoms. The van der Waals surface area contributed by atoms with Crippen LogP contribution < -0.4 is 10.2 Å². The quantitative estimate of drug-likeness (QED) is 0.639. The van der Waals surface area contributed by atoms with Crippen LogP contribution in [0.5, 0.6) is 0 Å². The summed E-state index contributed by atoms with van der Waals surface area (Å²) in [6.45, 7) is 0.0972. The van der Waals surface area contributed by atoms with Gasteiger partial charge in [0.05, 0.1) is 30.3 Å². The molecule has 3 aromatic rings. The van der Waals surface area contributed by atoms with Gasteiger partial charge in [-0.05, 0) is 30.2 Å². The van der Waals surface area contributed by atoms with Crippen LogP contribution in [-0.4, -0.2) is 59.2 Å². The number of hydrogen-bond donors (Lipinski definition) is 1. The number of rotatable bonds is 4. The van der Waals surface area contributed by atoms with Crippen molar-refractivity contribution >= 4 is 27.2 Å². The second-order valence-corrected chi connectivity index (χ2v) is 10.5. The number of halogens is 2. The molecule has 1 amide bonds. The van der Waals surface area contributed by atoms with Crippen LogP contribution in [0.3, 0.4) is 0 Å². The van der Waals surface area contributed by atoms with Crippen molar-refractivity contribution in [3.8, 4) is 0 Å². The van der Waals surface area contributed by atoms with E-state index in [9.17, 15) is 22.0 Å². The van der Waals surface area contributed by atoms with E-state index in [0.29, 0.717) is 17.8 Å². The Morgan fingerprint density at radius 1 is 1.25 bits per heavy atom. The molecule has 2 fully saturated rings. The van der Waals surface area contributed by atoms with Gasteiger partial charge in [0.25, 0.3) is 5.91 Å². The van der Waals surface area contributed by atoms with Crippen molar-refractivity contribution in [2.24, 2.45) is 0 Å². The number of nitrogens with zero attached hydrogens (tertiary/aromatic N) is 4. The molecule has 2 aromatic heterocycles. The van der Waals surface area contributed by atoms with Gasteiger partial charge in [0.15, 0.2) is 15.5 Å². The molecule has 3 atom stereocenters. The fourth-order valence-corrected chi connectivity index (χ4v) is 6.09. The van der Waals surface area contributed by atoms with E-state index in [2.05, 4.69) is 15.4 Å². The van der Waals surface area contributed by atoms with E-state index in [1.807, 2.05) is 0 Å². The predicted octanol–water partition coefficient (Wildman–Crippen LogP) is 2.07. The Balaban J connectivity index is 1.44. The number of sulfone groups is 1. The van der Waals surface area contributed by atoms with Crippen molar-refractivity contribution in [1.29, 1.82) is 0 Å². The van der Waals surface area contributed by atoms with Gasteiger partial charge in [-0.2, -0.15) is 5.10 Å². The molecule has 2 saturated heterocycles. The molecule has 1 aromatic carbocycles. The SMILES string of the molecule is O=C(NC1CCS(=O)(=O)C1)c1cnn2ccc(N3CC(F)CC3c3cccc(F)c3)nc12. The summed E-state index contributed by atoms with van der Waals surface area (Å²) >= 11 is 0. The van der Waals surface area contributed by atoms with E-state index in [-0.39, 0.29) is 41.7 Å². The minimum atomic E-state index is -3.13. The Hall–Kier alpha value is -3.08. The van der Waals surface area contributed by atoms with Crippen molar-refractivity contribution in [3.63, 3.8) is 0 Å². The standard InChI is InChI=1S/C21H21F2N5O3S/c22-14-3-1-2-13(8-14)18-9-15(23)11-27(18)19-4-6-28-20(26-19)17(10-24-28)21(29)25-16-5-7-32(30,31)12-16/h1-4,6,8,10,15-16,18H,5,7,9,11-12H2,(H,25,29). The Bertz CT molecular complexity index is 1300. The molecule has 5 rings (SSSR count). The Labute approximate surface area is 183 Å². The topological polar surface area (TPSA) is 96.7 Å². The van der Waals surface area contributed by atoms with Gasteiger partial charge in [0.1, 0.15) is 23.4 Å². The Kier molecular flexibility index (Phi) is 5.07. The second-order valence-electron chi connectivity index (χ2n) is 8.24. The fourth-order valence-electron chi connectivity index (χ4n) is 4.42. The highest BCUT2D eigenvalue weighted by Gasteiger charge is 2.35. The summed E-state index contributed by atoms with van der Waals surface area (Å²) in [7, 11) is -3.13. The zero-order chi connectivity index (χ0) is 22.5. The van der Waals surface area contributed by atoms with Crippen LogP contribution in [0.1, 0.15) is 34.8 Å². The van der Waals surface area contributed by atoms with Crippen molar-refractivity contribution < 1.29 is 22.0 Å². The minimum Gasteiger partial charge on any atom is -0.348 e. The van der Waals surface area contributed by atoms with E-state index in [1.54, 1.807) is 29.3 Å². The van der Waals surface area contributed by atoms with Gasteiger partial charge in [0.2, 0.25) is 0 Å². The maximum atomic E-state index is 14.4. The number of amides is 1. The first-order valence-corrected chi connectivity index (χ1v) is 12.1. The molecule has 0 saturated carbocycles. The first-order chi connectivity index (χ1) is 15.3. The fraction of sp³-hybridized carbons (Fsp3) is 0.381. The summed E-state index contributed by atoms with van der Waals surface area (Å²) in [5.41, 5.74) is 1.14. The van der Waals surface area contributed by atoms with Crippen LogP contribution in [0, 0.1) is 5.82 Å². The smallest absolute Gasteiger partial charge is 0.257 e. The van der Waals surface area contributed by atoms with Crippen LogP contribution >= 0.6 is 0 Å². The summed E-state index contributed by atoms with van der Waals surface area (Å²) in [5.74, 6) is -0.437. The molecule has 11 heteroatoms. The summed E-state index contributed by atoms with van der Waals surface area (Å²) in [5, 5.41) is 6.89. The van der Waals surface area contributed by atoms with Crippen LogP contribution in [0.4, 0.5) is 14.6 Å². The number of benzene rings is 1. The zero-order valence-corrected chi connectivity index (χ0v) is 17.8. The normalized spacial score (nSPS) is 24.8. The monoisotopic (exact) mass is 461 g/mol. The molecule has 2 aliphatic heterocycles. The van der Waals surface area contributed by atoms with Crippen LogP contribution in [-0.2, 0) is 9.84 Å². The molecule has 2 aliphatic rings. The molecule has 0 radical (unpaired) electrons. The Morgan fingerprint density at radius 3 is 2.84 bits per heavy atom. The minimum absolute atomic E-state index is 0.0515. The van der Waals surface area contributed by atoms with Crippen molar-refractivity contribution in [2.45, 2.75) is 31.1 Å². The average molecular weight is 461 g/mol. The lowest BCUT2D eigenvalue weighted by molar-refractivity contribution is 0.0942. The number of anilines is 1. The van der Waals surface area contributed by atoms with E-state index in [0.717, 1.165) is 0 Å².